The molecule has 2 nitrogen and oxygen atoms in total. The number of aryl methyl sites for hydroxylation is 1. The van der Waals surface area contributed by atoms with Gasteiger partial charge < -0.3 is 10.2 Å². The van der Waals surface area contributed by atoms with Crippen LogP contribution in [-0.4, -0.2) is 24.7 Å². The maximum absolute atomic E-state index is 14.2. The lowest BCUT2D eigenvalue weighted by Crippen LogP contribution is -2.61. The van der Waals surface area contributed by atoms with Crippen LogP contribution in [0.4, 0.5) is 14.5 Å². The lowest BCUT2D eigenvalue weighted by atomic mass is 9.98. The molecule has 100 valence electrons. The van der Waals surface area contributed by atoms with Gasteiger partial charge in [-0.15, -0.1) is 0 Å². The summed E-state index contributed by atoms with van der Waals surface area (Å²) in [6.45, 7) is 9.03. The Hall–Kier alpha value is -1.16. The number of rotatable bonds is 1. The molecule has 1 aliphatic rings. The lowest BCUT2D eigenvalue weighted by molar-refractivity contribution is 0.314. The first-order valence-electron chi connectivity index (χ1n) is 6.28. The van der Waals surface area contributed by atoms with Gasteiger partial charge in [0.25, 0.3) is 0 Å². The molecular weight excluding hydrogens is 234 g/mol. The van der Waals surface area contributed by atoms with E-state index in [0.29, 0.717) is 12.1 Å². The van der Waals surface area contributed by atoms with Crippen LogP contribution in [0.3, 0.4) is 0 Å². The van der Waals surface area contributed by atoms with Crippen molar-refractivity contribution in [3.63, 3.8) is 0 Å². The van der Waals surface area contributed by atoms with E-state index in [1.165, 1.54) is 12.1 Å². The Bertz CT molecular complexity index is 457. The number of nitrogens with zero attached hydrogens (tertiary/aromatic N) is 1. The largest absolute Gasteiger partial charge is 0.361 e. The monoisotopic (exact) mass is 254 g/mol. The van der Waals surface area contributed by atoms with Gasteiger partial charge in [0.1, 0.15) is 11.5 Å². The summed E-state index contributed by atoms with van der Waals surface area (Å²) in [5.74, 6) is -0.929. The van der Waals surface area contributed by atoms with Gasteiger partial charge in [0.2, 0.25) is 0 Å². The molecule has 1 aliphatic heterocycles. The van der Waals surface area contributed by atoms with Gasteiger partial charge in [0.15, 0.2) is 5.82 Å². The van der Waals surface area contributed by atoms with Crippen LogP contribution in [0.2, 0.25) is 0 Å². The number of piperazine rings is 1. The Morgan fingerprint density at radius 1 is 1.33 bits per heavy atom. The lowest BCUT2D eigenvalue weighted by Gasteiger charge is -2.44. The van der Waals surface area contributed by atoms with Gasteiger partial charge in [-0.05, 0) is 39.3 Å². The Labute approximate surface area is 107 Å². The van der Waals surface area contributed by atoms with Crippen LogP contribution < -0.4 is 10.2 Å². The fourth-order valence-corrected chi connectivity index (χ4v) is 2.38. The van der Waals surface area contributed by atoms with Crippen molar-refractivity contribution in [3.05, 3.63) is 29.3 Å². The van der Waals surface area contributed by atoms with E-state index in [1.54, 1.807) is 6.92 Å². The van der Waals surface area contributed by atoms with Crippen molar-refractivity contribution in [2.75, 3.05) is 18.0 Å². The highest BCUT2D eigenvalue weighted by atomic mass is 19.1. The molecule has 0 aromatic heterocycles. The molecule has 1 atom stereocenters. The summed E-state index contributed by atoms with van der Waals surface area (Å²) < 4.78 is 28.1. The first-order chi connectivity index (χ1) is 8.32. The quantitative estimate of drug-likeness (QED) is 0.829. The standard InChI is InChI=1S/C14H20F2N2/c1-9-5-6-11(15)13(12(9)16)18-8-14(3,4)17-7-10(18)2/h5-6,10,17H,7-8H2,1-4H3. The molecule has 1 heterocycles. The molecule has 18 heavy (non-hydrogen) atoms. The Morgan fingerprint density at radius 3 is 2.67 bits per heavy atom. The summed E-state index contributed by atoms with van der Waals surface area (Å²) >= 11 is 0. The van der Waals surface area contributed by atoms with E-state index in [0.717, 1.165) is 6.54 Å². The molecule has 0 saturated carbocycles. The van der Waals surface area contributed by atoms with Crippen molar-refractivity contribution >= 4 is 5.69 Å². The van der Waals surface area contributed by atoms with Crippen molar-refractivity contribution in [1.82, 2.24) is 5.32 Å². The van der Waals surface area contributed by atoms with Crippen LogP contribution in [0.5, 0.6) is 0 Å². The van der Waals surface area contributed by atoms with Gasteiger partial charge in [0.05, 0.1) is 0 Å². The minimum absolute atomic E-state index is 0.0730. The molecule has 0 amide bonds. The number of hydrogen-bond donors (Lipinski definition) is 1. The molecule has 2 rings (SSSR count). The zero-order chi connectivity index (χ0) is 13.5. The number of benzene rings is 1. The molecular formula is C14H20F2N2. The second-order valence-corrected chi connectivity index (χ2v) is 5.77. The van der Waals surface area contributed by atoms with Crippen LogP contribution >= 0.6 is 0 Å². The van der Waals surface area contributed by atoms with E-state index in [9.17, 15) is 8.78 Å². The number of halogens is 2. The third-order valence-electron chi connectivity index (χ3n) is 3.52. The maximum atomic E-state index is 14.2. The van der Waals surface area contributed by atoms with Crippen molar-refractivity contribution < 1.29 is 8.78 Å². The van der Waals surface area contributed by atoms with E-state index in [2.05, 4.69) is 5.32 Å². The van der Waals surface area contributed by atoms with Gasteiger partial charge >= 0.3 is 0 Å². The Kier molecular flexibility index (Phi) is 3.32. The molecule has 0 aliphatic carbocycles. The molecule has 1 fully saturated rings. The molecule has 1 unspecified atom stereocenters. The highest BCUT2D eigenvalue weighted by Gasteiger charge is 2.33. The molecule has 1 aromatic carbocycles. The highest BCUT2D eigenvalue weighted by molar-refractivity contribution is 5.53. The zero-order valence-corrected chi connectivity index (χ0v) is 11.3. The van der Waals surface area contributed by atoms with Gasteiger partial charge in [0, 0.05) is 24.7 Å². The van der Waals surface area contributed by atoms with Gasteiger partial charge in [-0.2, -0.15) is 0 Å². The number of anilines is 1. The predicted octanol–water partition coefficient (Wildman–Crippen LogP) is 2.85. The molecule has 0 radical (unpaired) electrons. The minimum Gasteiger partial charge on any atom is -0.361 e. The first-order valence-corrected chi connectivity index (χ1v) is 6.28. The molecule has 1 aromatic rings. The normalized spacial score (nSPS) is 23.2. The molecule has 0 spiro atoms. The fourth-order valence-electron chi connectivity index (χ4n) is 2.38. The molecule has 0 bridgehead atoms. The summed E-state index contributed by atoms with van der Waals surface area (Å²) in [5.41, 5.74) is 0.446. The van der Waals surface area contributed by atoms with E-state index < -0.39 is 11.6 Å². The van der Waals surface area contributed by atoms with Crippen LogP contribution in [0.25, 0.3) is 0 Å². The SMILES string of the molecule is Cc1ccc(F)c(N2CC(C)(C)NCC2C)c1F. The van der Waals surface area contributed by atoms with Crippen LogP contribution in [0.15, 0.2) is 12.1 Å². The average Bonchev–Trinajstić information content (AvgIpc) is 2.29. The van der Waals surface area contributed by atoms with Crippen molar-refractivity contribution in [3.8, 4) is 0 Å². The summed E-state index contributed by atoms with van der Waals surface area (Å²) in [6, 6.07) is 2.89. The smallest absolute Gasteiger partial charge is 0.152 e. The van der Waals surface area contributed by atoms with Crippen LogP contribution in [0.1, 0.15) is 26.3 Å². The predicted molar refractivity (Wildman–Crippen MR) is 70.0 cm³/mol. The van der Waals surface area contributed by atoms with Gasteiger partial charge in [-0.25, -0.2) is 8.78 Å². The fraction of sp³-hybridized carbons (Fsp3) is 0.571. The number of nitrogens with one attached hydrogen (secondary N) is 1. The zero-order valence-electron chi connectivity index (χ0n) is 11.3. The van der Waals surface area contributed by atoms with Crippen LogP contribution in [-0.2, 0) is 0 Å². The summed E-state index contributed by atoms with van der Waals surface area (Å²) in [5, 5.41) is 3.37. The Morgan fingerprint density at radius 2 is 2.00 bits per heavy atom. The van der Waals surface area contributed by atoms with Crippen LogP contribution in [0, 0.1) is 18.6 Å². The Balaban J connectivity index is 2.44. The van der Waals surface area contributed by atoms with E-state index in [1.807, 2.05) is 25.7 Å². The third-order valence-corrected chi connectivity index (χ3v) is 3.52. The van der Waals surface area contributed by atoms with E-state index >= 15 is 0 Å². The van der Waals surface area contributed by atoms with Crippen molar-refractivity contribution in [2.24, 2.45) is 0 Å². The van der Waals surface area contributed by atoms with E-state index in [4.69, 9.17) is 0 Å². The minimum atomic E-state index is -0.484. The highest BCUT2D eigenvalue weighted by Crippen LogP contribution is 2.30. The van der Waals surface area contributed by atoms with Gasteiger partial charge in [-0.3, -0.25) is 0 Å². The van der Waals surface area contributed by atoms with Crippen molar-refractivity contribution in [1.29, 1.82) is 0 Å². The topological polar surface area (TPSA) is 15.3 Å². The summed E-state index contributed by atoms with van der Waals surface area (Å²) in [6.07, 6.45) is 0. The first kappa shape index (κ1) is 13.3. The molecule has 1 N–H and O–H groups in total. The summed E-state index contributed by atoms with van der Waals surface area (Å²) in [4.78, 5) is 1.83. The molecule has 4 heteroatoms. The maximum Gasteiger partial charge on any atom is 0.152 e. The van der Waals surface area contributed by atoms with E-state index in [-0.39, 0.29) is 17.3 Å². The number of hydrogen-bond acceptors (Lipinski definition) is 2. The molecule has 1 saturated heterocycles. The second kappa shape index (κ2) is 4.50. The third kappa shape index (κ3) is 2.34. The average molecular weight is 254 g/mol. The second-order valence-electron chi connectivity index (χ2n) is 5.77. The van der Waals surface area contributed by atoms with Gasteiger partial charge in [-0.1, -0.05) is 6.07 Å². The summed E-state index contributed by atoms with van der Waals surface area (Å²) in [7, 11) is 0. The van der Waals surface area contributed by atoms with Crippen molar-refractivity contribution in [2.45, 2.75) is 39.3 Å².